The summed E-state index contributed by atoms with van der Waals surface area (Å²) in [5, 5.41) is 13.9. The molecule has 0 aliphatic rings. The van der Waals surface area contributed by atoms with Crippen molar-refractivity contribution in [3.05, 3.63) is 0 Å². The molecule has 17 heavy (non-hydrogen) atoms. The first kappa shape index (κ1) is 36.3. The van der Waals surface area contributed by atoms with Crippen LogP contribution >= 0.6 is 0 Å². The van der Waals surface area contributed by atoms with Gasteiger partial charge in [0.1, 0.15) is 0 Å². The van der Waals surface area contributed by atoms with Crippen molar-refractivity contribution in [2.45, 2.75) is 0 Å². The number of rotatable bonds is 0. The van der Waals surface area contributed by atoms with Crippen LogP contribution in [-0.4, -0.2) is 127 Å². The zero-order chi connectivity index (χ0) is 12.6. The third-order valence-electron chi connectivity index (χ3n) is 0. The fourth-order valence-electron chi connectivity index (χ4n) is 0. The number of hydrogen-bond donors (Lipinski definition) is 6. The Labute approximate surface area is 151 Å². The molecule has 0 saturated carbocycles. The fourth-order valence-corrected chi connectivity index (χ4v) is 0. The summed E-state index contributed by atoms with van der Waals surface area (Å²) in [5.41, 5.74) is 0. The van der Waals surface area contributed by atoms with Crippen LogP contribution < -0.4 is 0 Å². The van der Waals surface area contributed by atoms with Gasteiger partial charge in [0.2, 0.25) is 0 Å². The number of hydrogen-bond acceptors (Lipinski definition) is 5. The Morgan fingerprint density at radius 3 is 0.706 bits per heavy atom. The van der Waals surface area contributed by atoms with Gasteiger partial charge in [-0.2, -0.15) is 16.8 Å². The van der Waals surface area contributed by atoms with E-state index < -0.39 is 27.0 Å². The Balaban J connectivity index is -0.0000000247. The van der Waals surface area contributed by atoms with Crippen molar-refractivity contribution in [3.63, 3.8) is 0 Å². The maximum atomic E-state index is 8.74. The molecule has 0 aromatic heterocycles. The van der Waals surface area contributed by atoms with Crippen LogP contribution in [0.2, 0.25) is 0 Å². The average molecular weight is 335 g/mol. The predicted octanol–water partition coefficient (Wildman–Crippen LogP) is -3.56. The van der Waals surface area contributed by atoms with Gasteiger partial charge in [0.05, 0.1) is 0 Å². The molecular weight excluding hydrogens is 324 g/mol. The summed E-state index contributed by atoms with van der Waals surface area (Å²) in [5.74, 6) is 0. The van der Waals surface area contributed by atoms with Crippen molar-refractivity contribution in [2.75, 3.05) is 0 Å². The fraction of sp³-hybridized carbons (Fsp3) is 0. The zero-order valence-electron chi connectivity index (χ0n) is 6.04. The zero-order valence-corrected chi connectivity index (χ0v) is 7.67. The Morgan fingerprint density at radius 1 is 0.706 bits per heavy atom. The standard InChI is InChI=1S/CH2O3.2Mg.Na.2H2O4S.5H/c2-1(3)4;;;;2*1-5(2,3)4;;;;;/h(H2,2,3,4);;;;2*(H2,1,2,3,4);;;;;. The molecule has 0 unspecified atom stereocenters. The van der Waals surface area contributed by atoms with Gasteiger partial charge < -0.3 is 10.2 Å². The molecule has 98 valence electrons. The van der Waals surface area contributed by atoms with E-state index in [4.69, 9.17) is 50.1 Å². The Hall–Kier alpha value is 1.54. The SMILES string of the molecule is O=C(O)O.O=S(=O)(O)O.O=S(=O)(O)O.[MgH2].[MgH2].[NaH]. The van der Waals surface area contributed by atoms with Crippen LogP contribution in [-0.2, 0) is 20.8 Å². The van der Waals surface area contributed by atoms with Gasteiger partial charge in [-0.3, -0.25) is 18.2 Å². The second kappa shape index (κ2) is 17.5. The number of carbonyl (C=O) groups is 1. The summed E-state index contributed by atoms with van der Waals surface area (Å²) in [6.07, 6.45) is -1.83. The molecule has 0 aliphatic carbocycles. The van der Waals surface area contributed by atoms with Crippen molar-refractivity contribution in [1.82, 2.24) is 0 Å². The first-order chi connectivity index (χ1) is 5.73. The normalized spacial score (nSPS) is 8.24. The molecule has 0 atom stereocenters. The maximum absolute atomic E-state index is 8.74. The van der Waals surface area contributed by atoms with Gasteiger partial charge in [-0.1, -0.05) is 0 Å². The molecule has 16 heteroatoms. The van der Waals surface area contributed by atoms with Crippen LogP contribution in [0.15, 0.2) is 0 Å². The monoisotopic (exact) mass is 334 g/mol. The van der Waals surface area contributed by atoms with E-state index in [0.717, 1.165) is 0 Å². The molecule has 0 aliphatic heterocycles. The van der Waals surface area contributed by atoms with Gasteiger partial charge in [0.15, 0.2) is 0 Å². The van der Waals surface area contributed by atoms with Crippen LogP contribution in [0.4, 0.5) is 4.79 Å². The van der Waals surface area contributed by atoms with E-state index in [-0.39, 0.29) is 75.7 Å². The quantitative estimate of drug-likeness (QED) is 0.188. The molecule has 0 bridgehead atoms. The Bertz CT molecular complexity index is 294. The van der Waals surface area contributed by atoms with Crippen LogP contribution in [0.1, 0.15) is 0 Å². The van der Waals surface area contributed by atoms with Gasteiger partial charge >= 0.3 is 103 Å². The summed E-state index contributed by atoms with van der Waals surface area (Å²) < 4.78 is 63.2. The molecule has 0 aromatic carbocycles. The van der Waals surface area contributed by atoms with E-state index in [9.17, 15) is 0 Å². The Morgan fingerprint density at radius 2 is 0.706 bits per heavy atom. The summed E-state index contributed by atoms with van der Waals surface area (Å²) >= 11 is 0. The summed E-state index contributed by atoms with van der Waals surface area (Å²) in [6, 6.07) is 0. The van der Waals surface area contributed by atoms with Crippen molar-refractivity contribution in [3.8, 4) is 0 Å². The van der Waals surface area contributed by atoms with E-state index in [1.807, 2.05) is 0 Å². The Kier molecular flexibility index (Phi) is 37.4. The van der Waals surface area contributed by atoms with E-state index in [0.29, 0.717) is 0 Å². The molecule has 0 radical (unpaired) electrons. The second-order valence-electron chi connectivity index (χ2n) is 1.18. The molecular formula is CH11Mg2NaO11S2. The molecule has 0 heterocycles. The molecule has 0 saturated heterocycles. The average Bonchev–Trinajstić information content (AvgIpc) is 1.45. The summed E-state index contributed by atoms with van der Waals surface area (Å²) in [6.45, 7) is 0. The first-order valence-electron chi connectivity index (χ1n) is 2.05. The molecule has 0 amide bonds. The van der Waals surface area contributed by atoms with E-state index >= 15 is 0 Å². The third kappa shape index (κ3) is 1780. The van der Waals surface area contributed by atoms with Gasteiger partial charge in [0.25, 0.3) is 0 Å². The second-order valence-corrected chi connectivity index (χ2v) is 2.97. The van der Waals surface area contributed by atoms with Crippen LogP contribution in [0.5, 0.6) is 0 Å². The first-order valence-corrected chi connectivity index (χ1v) is 4.84. The number of carboxylic acid groups (broad SMARTS) is 2. The van der Waals surface area contributed by atoms with Crippen molar-refractivity contribution in [2.24, 2.45) is 0 Å². The van der Waals surface area contributed by atoms with Crippen molar-refractivity contribution in [1.29, 1.82) is 0 Å². The van der Waals surface area contributed by atoms with Gasteiger partial charge in [-0.05, 0) is 0 Å². The summed E-state index contributed by atoms with van der Waals surface area (Å²) in [7, 11) is -9.33. The molecule has 0 fully saturated rings. The molecule has 11 nitrogen and oxygen atoms in total. The van der Waals surface area contributed by atoms with Crippen LogP contribution in [0, 0.1) is 0 Å². The van der Waals surface area contributed by atoms with Crippen LogP contribution in [0.3, 0.4) is 0 Å². The van der Waals surface area contributed by atoms with Gasteiger partial charge in [-0.25, -0.2) is 4.79 Å². The molecule has 0 spiro atoms. The summed E-state index contributed by atoms with van der Waals surface area (Å²) in [4.78, 5) is 8.56. The minimum atomic E-state index is -4.67. The van der Waals surface area contributed by atoms with E-state index in [2.05, 4.69) is 0 Å². The van der Waals surface area contributed by atoms with Gasteiger partial charge in [-0.15, -0.1) is 0 Å². The molecule has 0 aromatic rings. The molecule has 0 rings (SSSR count). The third-order valence-corrected chi connectivity index (χ3v) is 0. The predicted molar refractivity (Wildman–Crippen MR) is 63.2 cm³/mol. The minimum absolute atomic E-state index is 0. The topological polar surface area (TPSA) is 207 Å². The van der Waals surface area contributed by atoms with Crippen molar-refractivity contribution >= 4 is 103 Å². The van der Waals surface area contributed by atoms with Gasteiger partial charge in [0, 0.05) is 0 Å². The van der Waals surface area contributed by atoms with E-state index in [1.165, 1.54) is 0 Å². The van der Waals surface area contributed by atoms with E-state index in [1.54, 1.807) is 0 Å². The van der Waals surface area contributed by atoms with Crippen molar-refractivity contribution < 1.29 is 50.1 Å². The molecule has 6 N–H and O–H groups in total. The van der Waals surface area contributed by atoms with Crippen LogP contribution in [0.25, 0.3) is 0 Å².